The van der Waals surface area contributed by atoms with E-state index in [0.29, 0.717) is 6.42 Å². The average molecular weight is 430 g/mol. The SMILES string of the molecule is CCCCCCCCCCCC(=O)OC(=O)C(=O)[C@H](O)[C@@H](O)[C@H](O)[C@H](O)CO.[H-].[Na+]. The molecule has 0 aliphatic rings. The Hall–Kier alpha value is -0.390. The number of carbonyl (C=O) groups is 3. The van der Waals surface area contributed by atoms with Crippen LogP contribution < -0.4 is 29.6 Å². The maximum absolute atomic E-state index is 11.7. The number of rotatable bonds is 16. The summed E-state index contributed by atoms with van der Waals surface area (Å²) in [5, 5.41) is 46.4. The minimum atomic E-state index is -2.40. The zero-order valence-corrected chi connectivity index (χ0v) is 19.5. The van der Waals surface area contributed by atoms with Crippen molar-refractivity contribution in [2.75, 3.05) is 6.61 Å². The smallest absolute Gasteiger partial charge is 1.00 e. The molecule has 0 aromatic heterocycles. The van der Waals surface area contributed by atoms with E-state index >= 15 is 0 Å². The van der Waals surface area contributed by atoms with Crippen LogP contribution in [0.5, 0.6) is 0 Å². The molecule has 29 heavy (non-hydrogen) atoms. The molecule has 0 rings (SSSR count). The van der Waals surface area contributed by atoms with E-state index in [1.807, 2.05) is 0 Å². The molecule has 0 spiro atoms. The van der Waals surface area contributed by atoms with Crippen molar-refractivity contribution in [3.8, 4) is 0 Å². The number of esters is 2. The quantitative estimate of drug-likeness (QED) is 0.0568. The van der Waals surface area contributed by atoms with Gasteiger partial charge in [0.25, 0.3) is 5.78 Å². The van der Waals surface area contributed by atoms with Gasteiger partial charge in [-0.1, -0.05) is 58.3 Å². The summed E-state index contributed by atoms with van der Waals surface area (Å²) in [6, 6.07) is 0. The van der Waals surface area contributed by atoms with Gasteiger partial charge >= 0.3 is 41.5 Å². The topological polar surface area (TPSA) is 162 Å². The third-order valence-corrected chi connectivity index (χ3v) is 4.42. The van der Waals surface area contributed by atoms with Gasteiger partial charge < -0.3 is 31.7 Å². The Balaban J connectivity index is -0.00000364. The van der Waals surface area contributed by atoms with Crippen molar-refractivity contribution in [1.29, 1.82) is 0 Å². The van der Waals surface area contributed by atoms with Crippen LogP contribution >= 0.6 is 0 Å². The Kier molecular flexibility index (Phi) is 19.5. The van der Waals surface area contributed by atoms with Gasteiger partial charge in [0.15, 0.2) is 6.10 Å². The second-order valence-electron chi connectivity index (χ2n) is 6.88. The molecule has 0 amide bonds. The molecule has 0 saturated heterocycles. The Morgan fingerprint density at radius 3 is 1.79 bits per heavy atom. The van der Waals surface area contributed by atoms with Crippen molar-refractivity contribution in [3.05, 3.63) is 0 Å². The summed E-state index contributed by atoms with van der Waals surface area (Å²) in [6.07, 6.45) is 0.781. The van der Waals surface area contributed by atoms with Crippen molar-refractivity contribution in [1.82, 2.24) is 0 Å². The van der Waals surface area contributed by atoms with E-state index in [0.717, 1.165) is 25.7 Å². The standard InChI is InChI=1S/C19H34O9.Na.H/c1-2-3-4-5-6-7-8-9-10-11-14(22)28-19(27)18(26)17(25)16(24)15(23)13(21)12-20;;/h13,15-17,20-21,23-25H,2-12H2,1H3;;/q;+1;-1/t13-,15-,16+,17-;;/m1../s1. The Morgan fingerprint density at radius 1 is 0.828 bits per heavy atom. The first-order valence-corrected chi connectivity index (χ1v) is 9.88. The molecule has 0 heterocycles. The van der Waals surface area contributed by atoms with Gasteiger partial charge in [0.1, 0.15) is 18.3 Å². The molecule has 5 N–H and O–H groups in total. The van der Waals surface area contributed by atoms with Gasteiger partial charge in [-0.15, -0.1) is 0 Å². The second-order valence-corrected chi connectivity index (χ2v) is 6.88. The first kappa shape index (κ1) is 30.8. The number of ether oxygens (including phenoxy) is 1. The van der Waals surface area contributed by atoms with Crippen LogP contribution in [0.2, 0.25) is 0 Å². The van der Waals surface area contributed by atoms with Gasteiger partial charge in [0.05, 0.1) is 6.61 Å². The molecule has 0 unspecified atom stereocenters. The van der Waals surface area contributed by atoms with E-state index in [-0.39, 0.29) is 37.4 Å². The molecule has 10 heteroatoms. The predicted molar refractivity (Wildman–Crippen MR) is 100 cm³/mol. The summed E-state index contributed by atoms with van der Waals surface area (Å²) in [6.45, 7) is 1.23. The summed E-state index contributed by atoms with van der Waals surface area (Å²) in [4.78, 5) is 34.8. The second kappa shape index (κ2) is 18.4. The van der Waals surface area contributed by atoms with Crippen molar-refractivity contribution in [2.24, 2.45) is 0 Å². The normalized spacial score (nSPS) is 15.0. The zero-order chi connectivity index (χ0) is 21.5. The maximum Gasteiger partial charge on any atom is 1.00 e. The van der Waals surface area contributed by atoms with Gasteiger partial charge in [-0.05, 0) is 6.42 Å². The molecule has 0 radical (unpaired) electrons. The number of ketones is 1. The molecule has 0 saturated carbocycles. The first-order chi connectivity index (χ1) is 13.3. The van der Waals surface area contributed by atoms with Gasteiger partial charge in [-0.3, -0.25) is 9.59 Å². The van der Waals surface area contributed by atoms with E-state index in [1.54, 1.807) is 0 Å². The summed E-state index contributed by atoms with van der Waals surface area (Å²) in [7, 11) is 0. The summed E-state index contributed by atoms with van der Waals surface area (Å²) < 4.78 is 4.33. The number of carbonyl (C=O) groups excluding carboxylic acids is 3. The van der Waals surface area contributed by atoms with Gasteiger partial charge in [0.2, 0.25) is 0 Å². The summed E-state index contributed by atoms with van der Waals surface area (Å²) in [5.41, 5.74) is 0. The zero-order valence-electron chi connectivity index (χ0n) is 18.5. The summed E-state index contributed by atoms with van der Waals surface area (Å²) in [5.74, 6) is -4.20. The molecule has 0 aliphatic carbocycles. The van der Waals surface area contributed by atoms with E-state index in [2.05, 4.69) is 11.7 Å². The number of unbranched alkanes of at least 4 members (excludes halogenated alkanes) is 8. The van der Waals surface area contributed by atoms with Crippen LogP contribution in [0.1, 0.15) is 72.6 Å². The van der Waals surface area contributed by atoms with Gasteiger partial charge in [-0.2, -0.15) is 0 Å². The van der Waals surface area contributed by atoms with Crippen molar-refractivity contribution >= 4 is 17.7 Å². The van der Waals surface area contributed by atoms with Crippen LogP contribution in [0.15, 0.2) is 0 Å². The van der Waals surface area contributed by atoms with Crippen LogP contribution in [0.25, 0.3) is 0 Å². The van der Waals surface area contributed by atoms with Crippen molar-refractivity contribution in [3.63, 3.8) is 0 Å². The molecule has 0 aromatic carbocycles. The summed E-state index contributed by atoms with van der Waals surface area (Å²) >= 11 is 0. The fourth-order valence-corrected chi connectivity index (χ4v) is 2.58. The molecule has 4 atom stereocenters. The molecule has 0 aliphatic heterocycles. The molecule has 0 fully saturated rings. The molecule has 166 valence electrons. The van der Waals surface area contributed by atoms with Crippen LogP contribution in [0.3, 0.4) is 0 Å². The molecule has 0 bridgehead atoms. The third-order valence-electron chi connectivity index (χ3n) is 4.42. The predicted octanol–water partition coefficient (Wildman–Crippen LogP) is -2.90. The minimum absolute atomic E-state index is 0. The minimum Gasteiger partial charge on any atom is -1.00 e. The average Bonchev–Trinajstić information content (AvgIpc) is 2.69. The number of hydrogen-bond acceptors (Lipinski definition) is 9. The van der Waals surface area contributed by atoms with Crippen LogP contribution in [0.4, 0.5) is 0 Å². The van der Waals surface area contributed by atoms with Crippen molar-refractivity contribution in [2.45, 2.75) is 95.5 Å². The maximum atomic E-state index is 11.7. The fraction of sp³-hybridized carbons (Fsp3) is 0.842. The molecular weight excluding hydrogens is 395 g/mol. The Labute approximate surface area is 195 Å². The number of hydrogen-bond donors (Lipinski definition) is 5. The molecule has 0 aromatic rings. The van der Waals surface area contributed by atoms with Gasteiger partial charge in [-0.25, -0.2) is 4.79 Å². The van der Waals surface area contributed by atoms with Crippen LogP contribution in [-0.2, 0) is 19.1 Å². The van der Waals surface area contributed by atoms with E-state index in [1.165, 1.54) is 25.7 Å². The molecular formula is C19H35NaO9. The third kappa shape index (κ3) is 13.5. The van der Waals surface area contributed by atoms with Crippen LogP contribution in [-0.4, -0.2) is 74.3 Å². The first-order valence-electron chi connectivity index (χ1n) is 9.88. The fourth-order valence-electron chi connectivity index (χ4n) is 2.58. The number of Topliss-reactive ketones (excluding diaryl/α,β-unsaturated/α-hetero) is 1. The van der Waals surface area contributed by atoms with E-state index in [9.17, 15) is 34.8 Å². The monoisotopic (exact) mass is 430 g/mol. The van der Waals surface area contributed by atoms with Gasteiger partial charge in [0, 0.05) is 6.42 Å². The number of aliphatic hydroxyl groups is 5. The molecule has 9 nitrogen and oxygen atoms in total. The van der Waals surface area contributed by atoms with E-state index < -0.39 is 48.7 Å². The van der Waals surface area contributed by atoms with Crippen LogP contribution in [0, 0.1) is 0 Å². The Morgan fingerprint density at radius 2 is 1.31 bits per heavy atom. The largest absolute Gasteiger partial charge is 1.00 e. The van der Waals surface area contributed by atoms with Crippen molar-refractivity contribution < 1.29 is 75.6 Å². The Bertz CT molecular complexity index is 479. The number of aliphatic hydroxyl groups excluding tert-OH is 5. The van der Waals surface area contributed by atoms with E-state index in [4.69, 9.17) is 5.11 Å².